The molecule has 24 heavy (non-hydrogen) atoms. The molecule has 1 aromatic carbocycles. The van der Waals surface area contributed by atoms with Gasteiger partial charge in [0.25, 0.3) is 0 Å². The Hall–Kier alpha value is -1.75. The lowest BCUT2D eigenvalue weighted by Gasteiger charge is -2.36. The van der Waals surface area contributed by atoms with Crippen molar-refractivity contribution in [3.05, 3.63) is 29.8 Å². The molecule has 0 aliphatic carbocycles. The van der Waals surface area contributed by atoms with Crippen molar-refractivity contribution in [1.82, 2.24) is 14.7 Å². The number of urea groups is 1. The topological polar surface area (TPSA) is 36.0 Å². The number of hydrogen-bond donors (Lipinski definition) is 0. The average molecular weight is 331 g/mol. The SMILES string of the molecule is COc1ccc(C2CCCCN(C(=O)N3CCN(C)CC3)C2)cc1. The molecule has 0 spiro atoms. The van der Waals surface area contributed by atoms with Gasteiger partial charge >= 0.3 is 6.03 Å². The van der Waals surface area contributed by atoms with E-state index < -0.39 is 0 Å². The van der Waals surface area contributed by atoms with Crippen LogP contribution in [0.25, 0.3) is 0 Å². The zero-order chi connectivity index (χ0) is 16.9. The fraction of sp³-hybridized carbons (Fsp3) is 0.632. The zero-order valence-corrected chi connectivity index (χ0v) is 14.9. The van der Waals surface area contributed by atoms with E-state index in [4.69, 9.17) is 4.74 Å². The molecule has 1 unspecified atom stereocenters. The van der Waals surface area contributed by atoms with E-state index >= 15 is 0 Å². The van der Waals surface area contributed by atoms with Crippen molar-refractivity contribution in [3.63, 3.8) is 0 Å². The second-order valence-electron chi connectivity index (χ2n) is 6.98. The van der Waals surface area contributed by atoms with E-state index in [-0.39, 0.29) is 6.03 Å². The fourth-order valence-electron chi connectivity index (χ4n) is 3.66. The van der Waals surface area contributed by atoms with E-state index in [1.165, 1.54) is 12.0 Å². The highest BCUT2D eigenvalue weighted by Crippen LogP contribution is 2.28. The summed E-state index contributed by atoms with van der Waals surface area (Å²) in [5.41, 5.74) is 1.31. The predicted octanol–water partition coefficient (Wildman–Crippen LogP) is 2.63. The molecular formula is C19H29N3O2. The Kier molecular flexibility index (Phi) is 5.61. The van der Waals surface area contributed by atoms with Crippen LogP contribution in [0.3, 0.4) is 0 Å². The molecule has 0 bridgehead atoms. The summed E-state index contributed by atoms with van der Waals surface area (Å²) in [5.74, 6) is 1.31. The summed E-state index contributed by atoms with van der Waals surface area (Å²) in [7, 11) is 3.81. The molecule has 2 heterocycles. The first kappa shape index (κ1) is 17.1. The molecule has 2 aliphatic rings. The third-order valence-electron chi connectivity index (χ3n) is 5.30. The number of hydrogen-bond acceptors (Lipinski definition) is 3. The lowest BCUT2D eigenvalue weighted by Crippen LogP contribution is -2.52. The number of rotatable bonds is 2. The van der Waals surface area contributed by atoms with Gasteiger partial charge in [-0.3, -0.25) is 0 Å². The highest BCUT2D eigenvalue weighted by Gasteiger charge is 2.28. The predicted molar refractivity (Wildman–Crippen MR) is 95.6 cm³/mol. The summed E-state index contributed by atoms with van der Waals surface area (Å²) in [5, 5.41) is 0. The summed E-state index contributed by atoms with van der Waals surface area (Å²) in [6, 6.07) is 8.56. The molecule has 1 atom stereocenters. The third-order valence-corrected chi connectivity index (χ3v) is 5.30. The molecule has 2 saturated heterocycles. The van der Waals surface area contributed by atoms with Crippen LogP contribution >= 0.6 is 0 Å². The lowest BCUT2D eigenvalue weighted by atomic mass is 9.94. The molecule has 5 heteroatoms. The van der Waals surface area contributed by atoms with Crippen LogP contribution in [0.2, 0.25) is 0 Å². The number of likely N-dealkylation sites (N-methyl/N-ethyl adjacent to an activating group) is 1. The molecule has 2 aliphatic heterocycles. The summed E-state index contributed by atoms with van der Waals surface area (Å²) >= 11 is 0. The van der Waals surface area contributed by atoms with Crippen molar-refractivity contribution in [3.8, 4) is 5.75 Å². The van der Waals surface area contributed by atoms with Crippen LogP contribution < -0.4 is 4.74 Å². The molecule has 0 N–H and O–H groups in total. The Balaban J connectivity index is 1.66. The Bertz CT molecular complexity index is 538. The second-order valence-corrected chi connectivity index (χ2v) is 6.98. The minimum atomic E-state index is 0.225. The molecule has 2 fully saturated rings. The van der Waals surface area contributed by atoms with Crippen LogP contribution in [0.4, 0.5) is 4.79 Å². The van der Waals surface area contributed by atoms with Crippen LogP contribution in [-0.4, -0.2) is 74.2 Å². The van der Waals surface area contributed by atoms with Gasteiger partial charge in [-0.05, 0) is 37.6 Å². The van der Waals surface area contributed by atoms with Gasteiger partial charge in [0.1, 0.15) is 5.75 Å². The van der Waals surface area contributed by atoms with E-state index in [1.54, 1.807) is 7.11 Å². The Morgan fingerprint density at radius 3 is 2.38 bits per heavy atom. The van der Waals surface area contributed by atoms with E-state index in [0.717, 1.165) is 57.9 Å². The average Bonchev–Trinajstić information content (AvgIpc) is 2.88. The number of ether oxygens (including phenoxy) is 1. The van der Waals surface area contributed by atoms with Gasteiger partial charge in [0, 0.05) is 45.2 Å². The minimum Gasteiger partial charge on any atom is -0.497 e. The number of likely N-dealkylation sites (tertiary alicyclic amines) is 1. The molecule has 0 saturated carbocycles. The normalized spacial score (nSPS) is 23.0. The van der Waals surface area contributed by atoms with E-state index in [0.29, 0.717) is 5.92 Å². The maximum atomic E-state index is 12.9. The van der Waals surface area contributed by atoms with Crippen LogP contribution in [0.15, 0.2) is 24.3 Å². The van der Waals surface area contributed by atoms with Crippen LogP contribution in [0.5, 0.6) is 5.75 Å². The number of benzene rings is 1. The van der Waals surface area contributed by atoms with Gasteiger partial charge in [0.15, 0.2) is 0 Å². The maximum Gasteiger partial charge on any atom is 0.320 e. The third kappa shape index (κ3) is 4.01. The van der Waals surface area contributed by atoms with Gasteiger partial charge in [-0.15, -0.1) is 0 Å². The van der Waals surface area contributed by atoms with E-state index in [1.807, 2.05) is 17.0 Å². The summed E-state index contributed by atoms with van der Waals surface area (Å²) in [6.07, 6.45) is 3.44. The van der Waals surface area contributed by atoms with Crippen molar-refractivity contribution in [2.75, 3.05) is 53.4 Å². The molecule has 2 amide bonds. The molecular weight excluding hydrogens is 302 g/mol. The Morgan fingerprint density at radius 2 is 1.71 bits per heavy atom. The smallest absolute Gasteiger partial charge is 0.320 e. The van der Waals surface area contributed by atoms with Crippen molar-refractivity contribution >= 4 is 6.03 Å². The largest absolute Gasteiger partial charge is 0.497 e. The zero-order valence-electron chi connectivity index (χ0n) is 14.9. The fourth-order valence-corrected chi connectivity index (χ4v) is 3.66. The van der Waals surface area contributed by atoms with Crippen LogP contribution in [0.1, 0.15) is 30.7 Å². The number of nitrogens with zero attached hydrogens (tertiary/aromatic N) is 3. The first-order valence-electron chi connectivity index (χ1n) is 9.03. The minimum absolute atomic E-state index is 0.225. The Labute approximate surface area is 145 Å². The second kappa shape index (κ2) is 7.88. The van der Waals surface area contributed by atoms with E-state index in [9.17, 15) is 4.79 Å². The molecule has 132 valence electrons. The number of carbonyl (C=O) groups is 1. The van der Waals surface area contributed by atoms with Gasteiger partial charge in [-0.2, -0.15) is 0 Å². The monoisotopic (exact) mass is 331 g/mol. The molecule has 0 radical (unpaired) electrons. The first-order valence-corrected chi connectivity index (χ1v) is 9.03. The number of piperazine rings is 1. The van der Waals surface area contributed by atoms with Crippen molar-refractivity contribution in [2.24, 2.45) is 0 Å². The van der Waals surface area contributed by atoms with E-state index in [2.05, 4.69) is 29.0 Å². The molecule has 3 rings (SSSR count). The maximum absolute atomic E-state index is 12.9. The van der Waals surface area contributed by atoms with Gasteiger partial charge in [-0.25, -0.2) is 4.79 Å². The van der Waals surface area contributed by atoms with Crippen LogP contribution in [0, 0.1) is 0 Å². The summed E-state index contributed by atoms with van der Waals surface area (Å²) < 4.78 is 5.25. The highest BCUT2D eigenvalue weighted by molar-refractivity contribution is 5.74. The lowest BCUT2D eigenvalue weighted by molar-refractivity contribution is 0.122. The molecule has 5 nitrogen and oxygen atoms in total. The van der Waals surface area contributed by atoms with Crippen molar-refractivity contribution < 1.29 is 9.53 Å². The summed E-state index contributed by atoms with van der Waals surface area (Å²) in [4.78, 5) is 19.3. The van der Waals surface area contributed by atoms with Crippen molar-refractivity contribution in [1.29, 1.82) is 0 Å². The first-order chi connectivity index (χ1) is 11.7. The van der Waals surface area contributed by atoms with Gasteiger partial charge in [0.2, 0.25) is 0 Å². The Morgan fingerprint density at radius 1 is 1.00 bits per heavy atom. The molecule has 0 aromatic heterocycles. The number of carbonyl (C=O) groups excluding carboxylic acids is 1. The number of methoxy groups -OCH3 is 1. The quantitative estimate of drug-likeness (QED) is 0.836. The van der Waals surface area contributed by atoms with Gasteiger partial charge < -0.3 is 19.4 Å². The van der Waals surface area contributed by atoms with Crippen LogP contribution in [-0.2, 0) is 0 Å². The standard InChI is InChI=1S/C19H29N3O2/c1-20-11-13-21(14-12-20)19(23)22-10-4-3-5-17(15-22)16-6-8-18(24-2)9-7-16/h6-9,17H,3-5,10-15H2,1-2H3. The molecule has 1 aromatic rings. The van der Waals surface area contributed by atoms with Gasteiger partial charge in [-0.1, -0.05) is 18.6 Å². The summed E-state index contributed by atoms with van der Waals surface area (Å²) in [6.45, 7) is 5.36. The van der Waals surface area contributed by atoms with Gasteiger partial charge in [0.05, 0.1) is 7.11 Å². The highest BCUT2D eigenvalue weighted by atomic mass is 16.5. The van der Waals surface area contributed by atoms with Crippen molar-refractivity contribution in [2.45, 2.75) is 25.2 Å². The number of amides is 2.